The molecule has 0 aromatic carbocycles. The second-order valence-electron chi connectivity index (χ2n) is 9.08. The van der Waals surface area contributed by atoms with Gasteiger partial charge in [0.05, 0.1) is 9.75 Å². The van der Waals surface area contributed by atoms with E-state index in [4.69, 9.17) is 0 Å². The molecule has 0 fully saturated rings. The topological polar surface area (TPSA) is 40.5 Å². The molecule has 2 N–H and O–H groups in total. The molecule has 2 atom stereocenters. The summed E-state index contributed by atoms with van der Waals surface area (Å²) in [7, 11) is 0. The van der Waals surface area contributed by atoms with Crippen LogP contribution in [0.25, 0.3) is 9.75 Å². The molecule has 2 heterocycles. The van der Waals surface area contributed by atoms with E-state index in [1.54, 1.807) is 22.7 Å². The fraction of sp³-hybridized carbons (Fsp3) is 0.692. The Morgan fingerprint density at radius 3 is 1.37 bits per heavy atom. The van der Waals surface area contributed by atoms with Gasteiger partial charge in [0.2, 0.25) is 0 Å². The van der Waals surface area contributed by atoms with Crippen LogP contribution in [0.2, 0.25) is 0 Å². The highest BCUT2D eigenvalue weighted by atomic mass is 32.1. The minimum atomic E-state index is -1.18. The van der Waals surface area contributed by atoms with E-state index in [1.165, 1.54) is 61.1 Å². The molecule has 30 heavy (non-hydrogen) atoms. The zero-order valence-electron chi connectivity index (χ0n) is 18.9. The lowest BCUT2D eigenvalue weighted by Crippen LogP contribution is -2.51. The van der Waals surface area contributed by atoms with Gasteiger partial charge in [0.1, 0.15) is 11.2 Å². The van der Waals surface area contributed by atoms with Gasteiger partial charge in [0.15, 0.2) is 0 Å². The van der Waals surface area contributed by atoms with Crippen LogP contribution in [0.4, 0.5) is 0 Å². The van der Waals surface area contributed by atoms with Gasteiger partial charge < -0.3 is 10.2 Å². The summed E-state index contributed by atoms with van der Waals surface area (Å²) in [5, 5.41) is 28.4. The molecule has 0 saturated heterocycles. The van der Waals surface area contributed by atoms with E-state index in [0.29, 0.717) is 12.8 Å². The molecule has 2 nitrogen and oxygen atoms in total. The van der Waals surface area contributed by atoms with Gasteiger partial charge in [-0.2, -0.15) is 0 Å². The number of hydrogen-bond acceptors (Lipinski definition) is 4. The standard InChI is InChI=1S/C26H40O2S2/c1-3-5-7-9-11-13-17-25(27)21-15-19-29-23(21)24-22(16-20-30-24)26(25,28)18-14-12-10-8-6-4-2/h15-16,19-20,27-28H,3-14,17-18H2,1-2H3. The quantitative estimate of drug-likeness (QED) is 0.285. The van der Waals surface area contributed by atoms with Gasteiger partial charge in [0, 0.05) is 11.1 Å². The van der Waals surface area contributed by atoms with E-state index in [9.17, 15) is 10.2 Å². The van der Waals surface area contributed by atoms with E-state index >= 15 is 0 Å². The van der Waals surface area contributed by atoms with E-state index in [1.807, 2.05) is 0 Å². The van der Waals surface area contributed by atoms with Crippen molar-refractivity contribution in [1.29, 1.82) is 0 Å². The molecule has 2 aromatic heterocycles. The highest BCUT2D eigenvalue weighted by Gasteiger charge is 2.56. The van der Waals surface area contributed by atoms with Crippen molar-refractivity contribution in [3.63, 3.8) is 0 Å². The van der Waals surface area contributed by atoms with Crippen molar-refractivity contribution < 1.29 is 10.2 Å². The number of aliphatic hydroxyl groups is 2. The van der Waals surface area contributed by atoms with Crippen LogP contribution >= 0.6 is 22.7 Å². The smallest absolute Gasteiger partial charge is 0.124 e. The lowest BCUT2D eigenvalue weighted by molar-refractivity contribution is -0.176. The summed E-state index contributed by atoms with van der Waals surface area (Å²) in [4.78, 5) is 2.34. The van der Waals surface area contributed by atoms with Crippen LogP contribution in [0.1, 0.15) is 115 Å². The highest BCUT2D eigenvalue weighted by molar-refractivity contribution is 7.20. The summed E-state index contributed by atoms with van der Waals surface area (Å²) in [6.07, 6.45) is 15.6. The maximum Gasteiger partial charge on any atom is 0.124 e. The molecule has 3 rings (SSSR count). The van der Waals surface area contributed by atoms with E-state index in [0.717, 1.165) is 36.8 Å². The Morgan fingerprint density at radius 2 is 0.967 bits per heavy atom. The molecular weight excluding hydrogens is 408 g/mol. The Kier molecular flexibility index (Phi) is 9.00. The van der Waals surface area contributed by atoms with Crippen molar-refractivity contribution in [1.82, 2.24) is 0 Å². The van der Waals surface area contributed by atoms with Crippen molar-refractivity contribution in [3.05, 3.63) is 34.0 Å². The first kappa shape index (κ1) is 24.0. The first-order valence-electron chi connectivity index (χ1n) is 12.2. The lowest BCUT2D eigenvalue weighted by atomic mass is 9.65. The minimum Gasteiger partial charge on any atom is -0.382 e. The van der Waals surface area contributed by atoms with Gasteiger partial charge >= 0.3 is 0 Å². The van der Waals surface area contributed by atoms with Crippen LogP contribution in [0.5, 0.6) is 0 Å². The molecule has 0 spiro atoms. The molecule has 2 unspecified atom stereocenters. The van der Waals surface area contributed by atoms with Gasteiger partial charge in [-0.1, -0.05) is 90.9 Å². The molecule has 0 amide bonds. The van der Waals surface area contributed by atoms with Crippen LogP contribution < -0.4 is 0 Å². The number of rotatable bonds is 14. The Labute approximate surface area is 191 Å². The van der Waals surface area contributed by atoms with E-state index in [2.05, 4.69) is 36.7 Å². The largest absolute Gasteiger partial charge is 0.382 e. The molecule has 168 valence electrons. The maximum absolute atomic E-state index is 12.1. The molecular formula is C26H40O2S2. The third-order valence-electron chi connectivity index (χ3n) is 6.90. The molecule has 0 radical (unpaired) electrons. The van der Waals surface area contributed by atoms with Gasteiger partial charge in [-0.05, 0) is 35.7 Å². The zero-order valence-corrected chi connectivity index (χ0v) is 20.6. The summed E-state index contributed by atoms with van der Waals surface area (Å²) in [5.41, 5.74) is -0.427. The predicted molar refractivity (Wildman–Crippen MR) is 131 cm³/mol. The molecule has 0 saturated carbocycles. The van der Waals surface area contributed by atoms with Crippen molar-refractivity contribution in [2.75, 3.05) is 0 Å². The van der Waals surface area contributed by atoms with Gasteiger partial charge in [0.25, 0.3) is 0 Å². The fourth-order valence-electron chi connectivity index (χ4n) is 5.07. The fourth-order valence-corrected chi connectivity index (χ4v) is 7.20. The molecule has 2 aromatic rings. The molecule has 1 aliphatic rings. The normalized spacial score (nSPS) is 22.8. The Balaban J connectivity index is 1.76. The lowest BCUT2D eigenvalue weighted by Gasteiger charge is -2.47. The van der Waals surface area contributed by atoms with E-state index < -0.39 is 11.2 Å². The van der Waals surface area contributed by atoms with Crippen molar-refractivity contribution in [2.45, 2.75) is 115 Å². The first-order chi connectivity index (χ1) is 14.6. The van der Waals surface area contributed by atoms with Crippen LogP contribution in [0, 0.1) is 0 Å². The summed E-state index contributed by atoms with van der Waals surface area (Å²) < 4.78 is 0. The number of thiophene rings is 2. The van der Waals surface area contributed by atoms with Crippen LogP contribution in [0.15, 0.2) is 22.9 Å². The van der Waals surface area contributed by atoms with Gasteiger partial charge in [-0.3, -0.25) is 0 Å². The Morgan fingerprint density at radius 1 is 0.600 bits per heavy atom. The summed E-state index contributed by atoms with van der Waals surface area (Å²) in [5.74, 6) is 0. The van der Waals surface area contributed by atoms with Crippen molar-refractivity contribution in [3.8, 4) is 9.75 Å². The van der Waals surface area contributed by atoms with Crippen LogP contribution in [-0.2, 0) is 11.2 Å². The van der Waals surface area contributed by atoms with Crippen LogP contribution in [-0.4, -0.2) is 10.2 Å². The second-order valence-corrected chi connectivity index (χ2v) is 10.9. The minimum absolute atomic E-state index is 0.643. The summed E-state index contributed by atoms with van der Waals surface area (Å²) in [6, 6.07) is 4.12. The predicted octanol–water partition coefficient (Wildman–Crippen LogP) is 8.37. The monoisotopic (exact) mass is 448 g/mol. The number of fused-ring (bicyclic) bond motifs is 3. The van der Waals surface area contributed by atoms with Crippen LogP contribution in [0.3, 0.4) is 0 Å². The third-order valence-corrected chi connectivity index (χ3v) is 8.89. The van der Waals surface area contributed by atoms with Gasteiger partial charge in [-0.25, -0.2) is 0 Å². The number of hydrogen-bond donors (Lipinski definition) is 2. The van der Waals surface area contributed by atoms with Crippen molar-refractivity contribution in [2.24, 2.45) is 0 Å². The van der Waals surface area contributed by atoms with Gasteiger partial charge in [-0.15, -0.1) is 22.7 Å². The highest BCUT2D eigenvalue weighted by Crippen LogP contribution is 2.58. The molecule has 4 heteroatoms. The van der Waals surface area contributed by atoms with E-state index in [-0.39, 0.29) is 0 Å². The average Bonchev–Trinajstić information content (AvgIpc) is 3.41. The number of unbranched alkanes of at least 4 members (excludes halogenated alkanes) is 10. The Bertz CT molecular complexity index is 700. The third kappa shape index (κ3) is 4.87. The molecule has 1 aliphatic carbocycles. The maximum atomic E-state index is 12.1. The summed E-state index contributed by atoms with van der Waals surface area (Å²) in [6.45, 7) is 4.48. The average molecular weight is 449 g/mol. The molecule has 0 bridgehead atoms. The zero-order chi connectivity index (χ0) is 21.5. The molecule has 0 aliphatic heterocycles. The summed E-state index contributed by atoms with van der Waals surface area (Å²) >= 11 is 3.41. The first-order valence-corrected chi connectivity index (χ1v) is 14.0. The SMILES string of the molecule is CCCCCCCCC1(O)c2ccsc2-c2sccc2C1(O)CCCCCCCC. The second kappa shape index (κ2) is 11.3. The van der Waals surface area contributed by atoms with Crippen molar-refractivity contribution >= 4 is 22.7 Å². The Hall–Kier alpha value is -0.680.